The van der Waals surface area contributed by atoms with Crippen LogP contribution in [0.15, 0.2) is 0 Å². The predicted octanol–water partition coefficient (Wildman–Crippen LogP) is -2.20. The highest BCUT2D eigenvalue weighted by molar-refractivity contribution is 7.80. The lowest BCUT2D eigenvalue weighted by Gasteiger charge is -2.30. The van der Waals surface area contributed by atoms with Crippen molar-refractivity contribution in [1.82, 2.24) is 15.5 Å². The Bertz CT molecular complexity index is 620. The van der Waals surface area contributed by atoms with Crippen LogP contribution < -0.4 is 22.1 Å². The van der Waals surface area contributed by atoms with Crippen LogP contribution in [0.2, 0.25) is 0 Å². The number of carbonyl (C=O) groups is 4. The van der Waals surface area contributed by atoms with Crippen LogP contribution in [-0.2, 0) is 19.2 Å². The quantitative estimate of drug-likeness (QED) is 0.130. The number of aliphatic hydroxyl groups is 1. The molecule has 1 aliphatic heterocycles. The highest BCUT2D eigenvalue weighted by Gasteiger charge is 2.39. The Hall–Kier alpha value is -1.89. The number of hydrogen-bond acceptors (Lipinski definition) is 8. The minimum absolute atomic E-state index is 0.0602. The molecule has 3 amide bonds. The van der Waals surface area contributed by atoms with Gasteiger partial charge in [0.2, 0.25) is 17.7 Å². The van der Waals surface area contributed by atoms with Crippen molar-refractivity contribution in [1.29, 1.82) is 0 Å². The maximum atomic E-state index is 12.8. The minimum atomic E-state index is -1.35. The number of carboxylic acids is 1. The third-order valence-corrected chi connectivity index (χ3v) is 5.35. The monoisotopic (exact) mass is 447 g/mol. The molecule has 1 rings (SSSR count). The molecule has 1 fully saturated rings. The zero-order valence-electron chi connectivity index (χ0n) is 17.1. The van der Waals surface area contributed by atoms with Crippen LogP contribution >= 0.6 is 12.6 Å². The lowest BCUT2D eigenvalue weighted by molar-refractivity contribution is -0.150. The molecular formula is C18H33N5O6S. The smallest absolute Gasteiger partial charge is 0.326 e. The number of hydrogen-bond donors (Lipinski definition) is 7. The molecule has 5 atom stereocenters. The molecule has 0 radical (unpaired) electrons. The molecule has 0 aromatic heterocycles. The fourth-order valence-electron chi connectivity index (χ4n) is 3.22. The van der Waals surface area contributed by atoms with E-state index in [0.717, 1.165) is 11.3 Å². The number of carbonyl (C=O) groups excluding carboxylic acids is 3. The molecule has 30 heavy (non-hydrogen) atoms. The Morgan fingerprint density at radius 2 is 1.87 bits per heavy atom. The second-order valence-electron chi connectivity index (χ2n) is 7.39. The zero-order valence-corrected chi connectivity index (χ0v) is 18.0. The van der Waals surface area contributed by atoms with Crippen LogP contribution in [-0.4, -0.2) is 87.9 Å². The summed E-state index contributed by atoms with van der Waals surface area (Å²) < 4.78 is 0. The molecule has 1 saturated heterocycles. The van der Waals surface area contributed by atoms with Gasteiger partial charge >= 0.3 is 5.97 Å². The number of thiol groups is 1. The molecule has 0 saturated carbocycles. The molecule has 5 unspecified atom stereocenters. The normalized spacial score (nSPS) is 20.2. The van der Waals surface area contributed by atoms with E-state index in [-0.39, 0.29) is 12.3 Å². The van der Waals surface area contributed by atoms with Gasteiger partial charge in [0, 0.05) is 12.3 Å². The van der Waals surface area contributed by atoms with Gasteiger partial charge in [0.05, 0.1) is 12.1 Å². The summed E-state index contributed by atoms with van der Waals surface area (Å²) in [5.74, 6) is -3.15. The van der Waals surface area contributed by atoms with Gasteiger partial charge in [-0.2, -0.15) is 12.6 Å². The van der Waals surface area contributed by atoms with Gasteiger partial charge in [-0.05, 0) is 39.2 Å². The number of likely N-dealkylation sites (tertiary alicyclic amines) is 1. The van der Waals surface area contributed by atoms with Gasteiger partial charge in [0.25, 0.3) is 0 Å². The number of carboxylic acid groups (broad SMARTS) is 1. The van der Waals surface area contributed by atoms with Crippen molar-refractivity contribution < 1.29 is 29.4 Å². The highest BCUT2D eigenvalue weighted by atomic mass is 32.1. The maximum absolute atomic E-state index is 12.8. The Kier molecular flexibility index (Phi) is 11.1. The summed E-state index contributed by atoms with van der Waals surface area (Å²) in [6.07, 6.45) is 1.35. The van der Waals surface area contributed by atoms with Gasteiger partial charge < -0.3 is 37.2 Å². The van der Waals surface area contributed by atoms with E-state index in [4.69, 9.17) is 11.5 Å². The third kappa shape index (κ3) is 7.42. The average Bonchev–Trinajstić information content (AvgIpc) is 3.19. The lowest BCUT2D eigenvalue weighted by Crippen LogP contribution is -2.60. The van der Waals surface area contributed by atoms with Gasteiger partial charge in [-0.1, -0.05) is 6.42 Å². The molecule has 8 N–H and O–H groups in total. The molecular weight excluding hydrogens is 414 g/mol. The topological polar surface area (TPSA) is 188 Å². The first kappa shape index (κ1) is 26.1. The number of nitrogens with one attached hydrogen (secondary N) is 2. The number of nitrogens with zero attached hydrogens (tertiary/aromatic N) is 1. The van der Waals surface area contributed by atoms with E-state index in [2.05, 4.69) is 23.3 Å². The Balaban J connectivity index is 2.77. The summed E-state index contributed by atoms with van der Waals surface area (Å²) in [5, 5.41) is 24.2. The second-order valence-corrected chi connectivity index (χ2v) is 7.75. The van der Waals surface area contributed by atoms with E-state index in [1.165, 1.54) is 6.92 Å². The fraction of sp³-hybridized carbons (Fsp3) is 0.778. The van der Waals surface area contributed by atoms with Crippen LogP contribution in [0.1, 0.15) is 39.0 Å². The maximum Gasteiger partial charge on any atom is 0.326 e. The average molecular weight is 448 g/mol. The van der Waals surface area contributed by atoms with Crippen molar-refractivity contribution in [3.05, 3.63) is 0 Å². The van der Waals surface area contributed by atoms with Crippen molar-refractivity contribution in [2.24, 2.45) is 11.5 Å². The first-order valence-electron chi connectivity index (χ1n) is 10.0. The Morgan fingerprint density at radius 1 is 1.20 bits per heavy atom. The van der Waals surface area contributed by atoms with Crippen LogP contribution in [0.3, 0.4) is 0 Å². The number of aliphatic hydroxyl groups excluding tert-OH is 1. The van der Waals surface area contributed by atoms with Crippen molar-refractivity contribution in [3.8, 4) is 0 Å². The number of aliphatic carboxylic acids is 1. The van der Waals surface area contributed by atoms with E-state index in [0.29, 0.717) is 32.2 Å². The molecule has 1 aliphatic rings. The van der Waals surface area contributed by atoms with Crippen LogP contribution in [0.4, 0.5) is 0 Å². The summed E-state index contributed by atoms with van der Waals surface area (Å²) in [4.78, 5) is 50.1. The number of rotatable bonds is 12. The van der Waals surface area contributed by atoms with E-state index >= 15 is 0 Å². The summed E-state index contributed by atoms with van der Waals surface area (Å²) in [5.41, 5.74) is 11.2. The summed E-state index contributed by atoms with van der Waals surface area (Å²) >= 11 is 4.07. The zero-order chi connectivity index (χ0) is 22.8. The second kappa shape index (κ2) is 12.7. The minimum Gasteiger partial charge on any atom is -0.480 e. The first-order valence-corrected chi connectivity index (χ1v) is 10.7. The van der Waals surface area contributed by atoms with Crippen LogP contribution in [0.25, 0.3) is 0 Å². The summed E-state index contributed by atoms with van der Waals surface area (Å²) in [6, 6.07) is -4.25. The van der Waals surface area contributed by atoms with Crippen molar-refractivity contribution in [3.63, 3.8) is 0 Å². The molecule has 0 aromatic carbocycles. The van der Waals surface area contributed by atoms with Crippen molar-refractivity contribution >= 4 is 36.3 Å². The van der Waals surface area contributed by atoms with Gasteiger partial charge in [0.1, 0.15) is 18.1 Å². The summed E-state index contributed by atoms with van der Waals surface area (Å²) in [7, 11) is 0. The molecule has 0 aliphatic carbocycles. The highest BCUT2D eigenvalue weighted by Crippen LogP contribution is 2.19. The lowest BCUT2D eigenvalue weighted by atomic mass is 10.1. The van der Waals surface area contributed by atoms with E-state index < -0.39 is 54.0 Å². The molecule has 0 aromatic rings. The third-order valence-electron chi connectivity index (χ3n) is 4.99. The van der Waals surface area contributed by atoms with Gasteiger partial charge in [0.15, 0.2) is 0 Å². The first-order chi connectivity index (χ1) is 14.1. The SMILES string of the molecule is CC(O)C(NC(=O)C(CS)NC(=O)C(N)CCCCN)C(=O)N1CCCC1C(=O)O. The van der Waals surface area contributed by atoms with Gasteiger partial charge in [-0.3, -0.25) is 14.4 Å². The molecule has 11 nitrogen and oxygen atoms in total. The number of unbranched alkanes of at least 4 members (excludes halogenated alkanes) is 1. The molecule has 0 bridgehead atoms. The Labute approximate surface area is 181 Å². The van der Waals surface area contributed by atoms with E-state index in [9.17, 15) is 29.4 Å². The Morgan fingerprint density at radius 3 is 2.40 bits per heavy atom. The molecule has 12 heteroatoms. The molecule has 1 heterocycles. The summed E-state index contributed by atoms with van der Waals surface area (Å²) in [6.45, 7) is 2.03. The fourth-order valence-corrected chi connectivity index (χ4v) is 3.48. The largest absolute Gasteiger partial charge is 0.480 e. The van der Waals surface area contributed by atoms with E-state index in [1.54, 1.807) is 0 Å². The number of nitrogens with two attached hydrogens (primary N) is 2. The predicted molar refractivity (Wildman–Crippen MR) is 113 cm³/mol. The van der Waals surface area contributed by atoms with Gasteiger partial charge in [-0.25, -0.2) is 4.79 Å². The van der Waals surface area contributed by atoms with Gasteiger partial charge in [-0.15, -0.1) is 0 Å². The van der Waals surface area contributed by atoms with E-state index in [1.807, 2.05) is 0 Å². The molecule has 172 valence electrons. The standard InChI is InChI=1S/C18H33N5O6S/c1-10(24)14(17(27)23-8-4-6-13(23)18(28)29)22-16(26)12(9-30)21-15(25)11(20)5-2-3-7-19/h10-14,24,30H,2-9,19-20H2,1H3,(H,21,25)(H,22,26)(H,28,29). The van der Waals surface area contributed by atoms with Crippen molar-refractivity contribution in [2.45, 2.75) is 69.3 Å². The van der Waals surface area contributed by atoms with Crippen LogP contribution in [0, 0.1) is 0 Å². The number of amides is 3. The van der Waals surface area contributed by atoms with Crippen LogP contribution in [0.5, 0.6) is 0 Å². The molecule has 0 spiro atoms. The van der Waals surface area contributed by atoms with Crippen molar-refractivity contribution in [2.75, 3.05) is 18.8 Å².